The van der Waals surface area contributed by atoms with Crippen LogP contribution in [0, 0.1) is 13.8 Å². The lowest BCUT2D eigenvalue weighted by Crippen LogP contribution is -2.31. The molecule has 3 heteroatoms. The molecule has 2 rings (SSSR count). The van der Waals surface area contributed by atoms with Gasteiger partial charge in [0.2, 0.25) is 0 Å². The molecule has 1 unspecified atom stereocenters. The number of likely N-dealkylation sites (N-methyl/N-ethyl adjacent to an activating group) is 1. The van der Waals surface area contributed by atoms with Gasteiger partial charge >= 0.3 is 0 Å². The van der Waals surface area contributed by atoms with Crippen LogP contribution in [-0.2, 0) is 19.9 Å². The van der Waals surface area contributed by atoms with E-state index in [0.717, 1.165) is 18.5 Å². The van der Waals surface area contributed by atoms with Crippen LogP contribution in [-0.4, -0.2) is 22.9 Å². The molecule has 1 N–H and O–H groups in total. The van der Waals surface area contributed by atoms with Gasteiger partial charge in [-0.15, -0.1) is 0 Å². The Labute approximate surface area is 115 Å². The molecule has 0 bridgehead atoms. The maximum atomic E-state index is 4.41. The third kappa shape index (κ3) is 3.44. The van der Waals surface area contributed by atoms with Crippen LogP contribution in [0.25, 0.3) is 0 Å². The summed E-state index contributed by atoms with van der Waals surface area (Å²) in [6, 6.07) is 11.2. The third-order valence-corrected chi connectivity index (χ3v) is 3.69. The Balaban J connectivity index is 2.09. The van der Waals surface area contributed by atoms with Crippen LogP contribution in [0.4, 0.5) is 0 Å². The Morgan fingerprint density at radius 1 is 1.21 bits per heavy atom. The predicted molar refractivity (Wildman–Crippen MR) is 79.4 cm³/mol. The summed E-state index contributed by atoms with van der Waals surface area (Å²) in [6.45, 7) is 4.22. The van der Waals surface area contributed by atoms with Crippen molar-refractivity contribution in [1.29, 1.82) is 0 Å². The maximum Gasteiger partial charge on any atom is 0.0596 e. The highest BCUT2D eigenvalue weighted by Crippen LogP contribution is 2.13. The highest BCUT2D eigenvalue weighted by atomic mass is 15.3. The number of benzene rings is 1. The Hall–Kier alpha value is -1.61. The largest absolute Gasteiger partial charge is 0.316 e. The zero-order chi connectivity index (χ0) is 13.8. The summed E-state index contributed by atoms with van der Waals surface area (Å²) in [7, 11) is 4.05. The van der Waals surface area contributed by atoms with Gasteiger partial charge in [0, 0.05) is 25.2 Å². The molecule has 0 aliphatic heterocycles. The van der Waals surface area contributed by atoms with E-state index >= 15 is 0 Å². The molecule has 0 aliphatic rings. The van der Waals surface area contributed by atoms with Crippen molar-refractivity contribution in [1.82, 2.24) is 15.1 Å². The first kappa shape index (κ1) is 13.8. The Kier molecular flexibility index (Phi) is 4.38. The normalized spacial score (nSPS) is 12.6. The van der Waals surface area contributed by atoms with Gasteiger partial charge in [-0.05, 0) is 44.5 Å². The lowest BCUT2D eigenvalue weighted by atomic mass is 9.98. The molecule has 1 atom stereocenters. The van der Waals surface area contributed by atoms with Crippen LogP contribution in [0.2, 0.25) is 0 Å². The van der Waals surface area contributed by atoms with E-state index in [1.165, 1.54) is 16.8 Å². The summed E-state index contributed by atoms with van der Waals surface area (Å²) in [5, 5.41) is 7.83. The number of nitrogens with one attached hydrogen (secondary N) is 1. The molecular formula is C16H23N3. The van der Waals surface area contributed by atoms with Crippen molar-refractivity contribution in [2.24, 2.45) is 7.05 Å². The van der Waals surface area contributed by atoms with Gasteiger partial charge in [0.05, 0.1) is 5.69 Å². The average molecular weight is 257 g/mol. The lowest BCUT2D eigenvalue weighted by molar-refractivity contribution is 0.532. The highest BCUT2D eigenvalue weighted by molar-refractivity contribution is 5.26. The van der Waals surface area contributed by atoms with Crippen molar-refractivity contribution in [2.45, 2.75) is 32.7 Å². The van der Waals surface area contributed by atoms with Gasteiger partial charge in [-0.3, -0.25) is 4.68 Å². The molecule has 0 radical (unpaired) electrons. The van der Waals surface area contributed by atoms with E-state index in [2.05, 4.69) is 47.7 Å². The summed E-state index contributed by atoms with van der Waals surface area (Å²) in [5.74, 6) is 0. The van der Waals surface area contributed by atoms with Crippen molar-refractivity contribution < 1.29 is 0 Å². The first-order valence-electron chi connectivity index (χ1n) is 6.81. The minimum absolute atomic E-state index is 0.441. The molecule has 0 amide bonds. The minimum Gasteiger partial charge on any atom is -0.316 e. The topological polar surface area (TPSA) is 29.9 Å². The molecule has 0 saturated heterocycles. The number of nitrogens with zero attached hydrogens (tertiary/aromatic N) is 2. The first-order chi connectivity index (χ1) is 9.10. The second-order valence-corrected chi connectivity index (χ2v) is 5.22. The van der Waals surface area contributed by atoms with Crippen LogP contribution in [0.3, 0.4) is 0 Å². The highest BCUT2D eigenvalue weighted by Gasteiger charge is 2.12. The van der Waals surface area contributed by atoms with E-state index in [4.69, 9.17) is 0 Å². The molecule has 0 saturated carbocycles. The monoisotopic (exact) mass is 257 g/mol. The molecule has 19 heavy (non-hydrogen) atoms. The van der Waals surface area contributed by atoms with Gasteiger partial charge in [-0.1, -0.05) is 24.3 Å². The fourth-order valence-corrected chi connectivity index (χ4v) is 2.49. The average Bonchev–Trinajstić information content (AvgIpc) is 2.69. The van der Waals surface area contributed by atoms with Crippen LogP contribution < -0.4 is 5.32 Å². The van der Waals surface area contributed by atoms with E-state index in [9.17, 15) is 0 Å². The van der Waals surface area contributed by atoms with E-state index < -0.39 is 0 Å². The van der Waals surface area contributed by atoms with Crippen LogP contribution >= 0.6 is 0 Å². The van der Waals surface area contributed by atoms with Crippen molar-refractivity contribution in [2.75, 3.05) is 7.05 Å². The minimum atomic E-state index is 0.441. The van der Waals surface area contributed by atoms with Crippen LogP contribution in [0.5, 0.6) is 0 Å². The van der Waals surface area contributed by atoms with Crippen molar-refractivity contribution in [3.63, 3.8) is 0 Å². The number of aryl methyl sites for hydroxylation is 3. The van der Waals surface area contributed by atoms with Gasteiger partial charge in [0.25, 0.3) is 0 Å². The number of hydrogen-bond acceptors (Lipinski definition) is 2. The van der Waals surface area contributed by atoms with Crippen molar-refractivity contribution in [3.05, 3.63) is 52.8 Å². The summed E-state index contributed by atoms with van der Waals surface area (Å²) in [4.78, 5) is 0. The van der Waals surface area contributed by atoms with E-state index in [-0.39, 0.29) is 0 Å². The van der Waals surface area contributed by atoms with Crippen LogP contribution in [0.15, 0.2) is 30.3 Å². The Bertz CT molecular complexity index is 543. The fraction of sp³-hybridized carbons (Fsp3) is 0.438. The Morgan fingerprint density at radius 3 is 2.53 bits per heavy atom. The molecule has 1 aromatic carbocycles. The zero-order valence-electron chi connectivity index (χ0n) is 12.3. The molecular weight excluding hydrogens is 234 g/mol. The smallest absolute Gasteiger partial charge is 0.0596 e. The van der Waals surface area contributed by atoms with Gasteiger partial charge in [-0.25, -0.2) is 0 Å². The summed E-state index contributed by atoms with van der Waals surface area (Å²) >= 11 is 0. The van der Waals surface area contributed by atoms with E-state index in [1.54, 1.807) is 0 Å². The molecule has 0 spiro atoms. The molecule has 2 aromatic rings. The lowest BCUT2D eigenvalue weighted by Gasteiger charge is -2.17. The molecule has 0 aliphatic carbocycles. The van der Waals surface area contributed by atoms with E-state index in [1.807, 2.05) is 25.7 Å². The molecule has 3 nitrogen and oxygen atoms in total. The second kappa shape index (κ2) is 6.02. The SMILES string of the molecule is CNC(Cc1ccccc1C)Cc1cc(C)nn1C. The molecule has 0 fully saturated rings. The predicted octanol–water partition coefficient (Wildman–Crippen LogP) is 2.41. The standard InChI is InChI=1S/C16H23N3/c1-12-7-5-6-8-14(12)10-15(17-3)11-16-9-13(2)18-19(16)4/h5-9,15,17H,10-11H2,1-4H3. The number of aromatic nitrogens is 2. The molecule has 1 heterocycles. The van der Waals surface area contributed by atoms with Gasteiger partial charge in [-0.2, -0.15) is 5.10 Å². The molecule has 102 valence electrons. The summed E-state index contributed by atoms with van der Waals surface area (Å²) in [5.41, 5.74) is 5.15. The maximum absolute atomic E-state index is 4.41. The first-order valence-corrected chi connectivity index (χ1v) is 6.81. The van der Waals surface area contributed by atoms with E-state index in [0.29, 0.717) is 6.04 Å². The molecule has 1 aromatic heterocycles. The quantitative estimate of drug-likeness (QED) is 0.891. The Morgan fingerprint density at radius 2 is 1.95 bits per heavy atom. The van der Waals surface area contributed by atoms with Crippen LogP contribution in [0.1, 0.15) is 22.5 Å². The summed E-state index contributed by atoms with van der Waals surface area (Å²) < 4.78 is 1.98. The van der Waals surface area contributed by atoms with Gasteiger partial charge < -0.3 is 5.32 Å². The van der Waals surface area contributed by atoms with Gasteiger partial charge in [0.1, 0.15) is 0 Å². The fourth-order valence-electron chi connectivity index (χ4n) is 2.49. The second-order valence-electron chi connectivity index (χ2n) is 5.22. The number of hydrogen-bond donors (Lipinski definition) is 1. The summed E-state index contributed by atoms with van der Waals surface area (Å²) in [6.07, 6.45) is 2.05. The van der Waals surface area contributed by atoms with Gasteiger partial charge in [0.15, 0.2) is 0 Å². The third-order valence-electron chi connectivity index (χ3n) is 3.69. The van der Waals surface area contributed by atoms with Crippen molar-refractivity contribution >= 4 is 0 Å². The zero-order valence-corrected chi connectivity index (χ0v) is 12.3. The van der Waals surface area contributed by atoms with Crippen molar-refractivity contribution in [3.8, 4) is 0 Å². The number of rotatable bonds is 5.